The molecule has 1 heterocycles. The van der Waals surface area contributed by atoms with Crippen LogP contribution in [0.2, 0.25) is 5.02 Å². The number of halogens is 1. The normalized spacial score (nSPS) is 10.5. The Balaban J connectivity index is 2.54. The molecule has 2 N–H and O–H groups in total. The summed E-state index contributed by atoms with van der Waals surface area (Å²) >= 11 is 5.71. The summed E-state index contributed by atoms with van der Waals surface area (Å²) < 4.78 is 1.30. The van der Waals surface area contributed by atoms with Crippen LogP contribution in [-0.4, -0.2) is 19.9 Å². The molecule has 0 bridgehead atoms. The zero-order chi connectivity index (χ0) is 12.4. The van der Waals surface area contributed by atoms with Gasteiger partial charge in [0.2, 0.25) is 0 Å². The Hall–Kier alpha value is -1.99. The Labute approximate surface area is 101 Å². The first-order valence-corrected chi connectivity index (χ1v) is 5.05. The third kappa shape index (κ3) is 2.24. The number of nitro benzene ring substituents is 1. The summed E-state index contributed by atoms with van der Waals surface area (Å²) in [6.07, 6.45) is 1.54. The fourth-order valence-electron chi connectivity index (χ4n) is 1.35. The standard InChI is InChI=1S/C9H8ClN5O2/c10-6-1-2-8(9(3-6)15(16)17)14-5-7(4-11)12-13-14/h1-3,5H,4,11H2. The van der Waals surface area contributed by atoms with E-state index in [4.69, 9.17) is 17.3 Å². The zero-order valence-electron chi connectivity index (χ0n) is 8.58. The summed E-state index contributed by atoms with van der Waals surface area (Å²) in [4.78, 5) is 10.4. The van der Waals surface area contributed by atoms with Crippen LogP contribution >= 0.6 is 11.6 Å². The van der Waals surface area contributed by atoms with Gasteiger partial charge in [-0.2, -0.15) is 0 Å². The molecule has 0 aliphatic rings. The molecule has 2 rings (SSSR count). The predicted molar refractivity (Wildman–Crippen MR) is 60.9 cm³/mol. The van der Waals surface area contributed by atoms with Crippen LogP contribution in [0.1, 0.15) is 5.69 Å². The molecule has 0 saturated carbocycles. The van der Waals surface area contributed by atoms with Crippen molar-refractivity contribution in [3.05, 3.63) is 45.2 Å². The van der Waals surface area contributed by atoms with Gasteiger partial charge < -0.3 is 5.73 Å². The highest BCUT2D eigenvalue weighted by Gasteiger charge is 2.17. The lowest BCUT2D eigenvalue weighted by Gasteiger charge is -2.01. The molecule has 0 aliphatic heterocycles. The van der Waals surface area contributed by atoms with E-state index in [2.05, 4.69) is 10.3 Å². The summed E-state index contributed by atoms with van der Waals surface area (Å²) in [5.74, 6) is 0. The van der Waals surface area contributed by atoms with Gasteiger partial charge in [0.25, 0.3) is 5.69 Å². The molecule has 7 nitrogen and oxygen atoms in total. The summed E-state index contributed by atoms with van der Waals surface area (Å²) in [7, 11) is 0. The topological polar surface area (TPSA) is 99.9 Å². The average Bonchev–Trinajstić information content (AvgIpc) is 2.77. The number of hydrogen-bond donors (Lipinski definition) is 1. The van der Waals surface area contributed by atoms with Gasteiger partial charge in [0.15, 0.2) is 0 Å². The summed E-state index contributed by atoms with van der Waals surface area (Å²) in [5, 5.41) is 18.7. The van der Waals surface area contributed by atoms with Crippen LogP contribution in [0.15, 0.2) is 24.4 Å². The van der Waals surface area contributed by atoms with Crippen molar-refractivity contribution in [1.82, 2.24) is 15.0 Å². The average molecular weight is 254 g/mol. The summed E-state index contributed by atoms with van der Waals surface area (Å²) in [6, 6.07) is 4.32. The molecular formula is C9H8ClN5O2. The summed E-state index contributed by atoms with van der Waals surface area (Å²) in [5.41, 5.74) is 6.11. The Bertz CT molecular complexity index is 568. The minimum absolute atomic E-state index is 0.133. The van der Waals surface area contributed by atoms with Gasteiger partial charge in [-0.25, -0.2) is 4.68 Å². The molecule has 0 saturated heterocycles. The van der Waals surface area contributed by atoms with Gasteiger partial charge in [0, 0.05) is 17.6 Å². The SMILES string of the molecule is NCc1cn(-c2ccc(Cl)cc2[N+](=O)[O-])nn1. The van der Waals surface area contributed by atoms with Gasteiger partial charge in [0.1, 0.15) is 5.69 Å². The van der Waals surface area contributed by atoms with E-state index in [1.54, 1.807) is 6.07 Å². The maximum Gasteiger partial charge on any atom is 0.296 e. The van der Waals surface area contributed by atoms with Gasteiger partial charge in [0.05, 0.1) is 16.8 Å². The first-order chi connectivity index (χ1) is 8.11. The Morgan fingerprint density at radius 2 is 2.29 bits per heavy atom. The first-order valence-electron chi connectivity index (χ1n) is 4.67. The number of hydrogen-bond acceptors (Lipinski definition) is 5. The Kier molecular flexibility index (Phi) is 3.03. The highest BCUT2D eigenvalue weighted by molar-refractivity contribution is 6.30. The van der Waals surface area contributed by atoms with Crippen molar-refractivity contribution in [2.24, 2.45) is 5.73 Å². The zero-order valence-corrected chi connectivity index (χ0v) is 9.33. The second-order valence-electron chi connectivity index (χ2n) is 3.25. The lowest BCUT2D eigenvalue weighted by molar-refractivity contribution is -0.384. The maximum atomic E-state index is 10.9. The van der Waals surface area contributed by atoms with E-state index in [0.29, 0.717) is 16.4 Å². The number of nitrogens with two attached hydrogens (primary N) is 1. The van der Waals surface area contributed by atoms with E-state index in [-0.39, 0.29) is 12.2 Å². The number of nitro groups is 1. The van der Waals surface area contributed by atoms with Gasteiger partial charge in [-0.15, -0.1) is 5.10 Å². The Morgan fingerprint density at radius 3 is 2.88 bits per heavy atom. The third-order valence-electron chi connectivity index (χ3n) is 2.13. The largest absolute Gasteiger partial charge is 0.325 e. The maximum absolute atomic E-state index is 10.9. The van der Waals surface area contributed by atoms with Crippen molar-refractivity contribution in [2.45, 2.75) is 6.54 Å². The van der Waals surface area contributed by atoms with Crippen LogP contribution in [0, 0.1) is 10.1 Å². The molecule has 0 aliphatic carbocycles. The molecule has 8 heteroatoms. The number of nitrogens with zero attached hydrogens (tertiary/aromatic N) is 4. The van der Waals surface area contributed by atoms with Gasteiger partial charge >= 0.3 is 0 Å². The fourth-order valence-corrected chi connectivity index (χ4v) is 1.51. The minimum atomic E-state index is -0.523. The van der Waals surface area contributed by atoms with Crippen molar-refractivity contribution < 1.29 is 4.92 Å². The fraction of sp³-hybridized carbons (Fsp3) is 0.111. The molecule has 0 unspecified atom stereocenters. The van der Waals surface area contributed by atoms with Gasteiger partial charge in [-0.05, 0) is 12.1 Å². The van der Waals surface area contributed by atoms with E-state index < -0.39 is 4.92 Å². The van der Waals surface area contributed by atoms with Crippen molar-refractivity contribution in [3.63, 3.8) is 0 Å². The van der Waals surface area contributed by atoms with Crippen LogP contribution in [0.5, 0.6) is 0 Å². The van der Waals surface area contributed by atoms with Crippen molar-refractivity contribution in [2.75, 3.05) is 0 Å². The van der Waals surface area contributed by atoms with E-state index in [1.807, 2.05) is 0 Å². The minimum Gasteiger partial charge on any atom is -0.325 e. The smallest absolute Gasteiger partial charge is 0.296 e. The van der Waals surface area contributed by atoms with E-state index in [9.17, 15) is 10.1 Å². The lowest BCUT2D eigenvalue weighted by Crippen LogP contribution is -2.01. The highest BCUT2D eigenvalue weighted by atomic mass is 35.5. The van der Waals surface area contributed by atoms with Crippen molar-refractivity contribution in [3.8, 4) is 5.69 Å². The lowest BCUT2D eigenvalue weighted by atomic mass is 10.2. The number of rotatable bonds is 3. The number of benzene rings is 1. The molecule has 17 heavy (non-hydrogen) atoms. The van der Waals surface area contributed by atoms with Crippen LogP contribution in [0.4, 0.5) is 5.69 Å². The van der Waals surface area contributed by atoms with Crippen molar-refractivity contribution in [1.29, 1.82) is 0 Å². The van der Waals surface area contributed by atoms with Crippen LogP contribution in [0.25, 0.3) is 5.69 Å². The number of aromatic nitrogens is 3. The summed E-state index contributed by atoms with van der Waals surface area (Å²) in [6.45, 7) is 0.224. The molecule has 2 aromatic rings. The van der Waals surface area contributed by atoms with E-state index in [1.165, 1.54) is 23.0 Å². The van der Waals surface area contributed by atoms with Crippen LogP contribution < -0.4 is 5.73 Å². The molecule has 1 aromatic carbocycles. The third-order valence-corrected chi connectivity index (χ3v) is 2.37. The molecule has 0 fully saturated rings. The molecule has 88 valence electrons. The highest BCUT2D eigenvalue weighted by Crippen LogP contribution is 2.25. The molecule has 1 aromatic heterocycles. The van der Waals surface area contributed by atoms with Gasteiger partial charge in [-0.3, -0.25) is 10.1 Å². The first kappa shape index (κ1) is 11.5. The van der Waals surface area contributed by atoms with E-state index in [0.717, 1.165) is 0 Å². The second-order valence-corrected chi connectivity index (χ2v) is 3.69. The predicted octanol–water partition coefficient (Wildman–Crippen LogP) is 1.29. The molecule has 0 radical (unpaired) electrons. The molecule has 0 amide bonds. The molecule has 0 spiro atoms. The monoisotopic (exact) mass is 253 g/mol. The van der Waals surface area contributed by atoms with Crippen molar-refractivity contribution >= 4 is 17.3 Å². The molecular weight excluding hydrogens is 246 g/mol. The van der Waals surface area contributed by atoms with Crippen LogP contribution in [-0.2, 0) is 6.54 Å². The quantitative estimate of drug-likeness (QED) is 0.656. The van der Waals surface area contributed by atoms with E-state index >= 15 is 0 Å². The van der Waals surface area contributed by atoms with Crippen LogP contribution in [0.3, 0.4) is 0 Å². The Morgan fingerprint density at radius 1 is 1.53 bits per heavy atom. The molecule has 0 atom stereocenters. The van der Waals surface area contributed by atoms with Gasteiger partial charge in [-0.1, -0.05) is 16.8 Å². The second kappa shape index (κ2) is 4.48.